The Kier molecular flexibility index (Phi) is 3.72. The van der Waals surface area contributed by atoms with Crippen molar-refractivity contribution >= 4 is 5.91 Å². The lowest BCUT2D eigenvalue weighted by atomic mass is 10.1. The van der Waals surface area contributed by atoms with E-state index in [0.717, 1.165) is 11.3 Å². The second kappa shape index (κ2) is 5.27. The van der Waals surface area contributed by atoms with Gasteiger partial charge in [-0.25, -0.2) is 0 Å². The molecule has 1 aliphatic rings. The average Bonchev–Trinajstić information content (AvgIpc) is 2.79. The van der Waals surface area contributed by atoms with Crippen LogP contribution in [0.4, 0.5) is 0 Å². The monoisotopic (exact) mass is 250 g/mol. The van der Waals surface area contributed by atoms with Crippen LogP contribution in [-0.4, -0.2) is 32.7 Å². The normalized spacial score (nSPS) is 18.7. The zero-order chi connectivity index (χ0) is 13.1. The maximum atomic E-state index is 11.4. The molecule has 2 unspecified atom stereocenters. The first kappa shape index (κ1) is 12.7. The number of ether oxygens (including phenoxy) is 2. The molecule has 0 radical (unpaired) electrons. The van der Waals surface area contributed by atoms with Gasteiger partial charge in [-0.2, -0.15) is 0 Å². The Morgan fingerprint density at radius 2 is 2.28 bits per heavy atom. The highest BCUT2D eigenvalue weighted by atomic mass is 16.5. The molecular weight excluding hydrogens is 232 g/mol. The molecular formula is C13H18N2O3. The van der Waals surface area contributed by atoms with Gasteiger partial charge >= 0.3 is 0 Å². The summed E-state index contributed by atoms with van der Waals surface area (Å²) in [6.45, 7) is 2.34. The molecule has 18 heavy (non-hydrogen) atoms. The Bertz CT molecular complexity index is 448. The number of rotatable bonds is 4. The number of hydrogen-bond acceptors (Lipinski definition) is 4. The lowest BCUT2D eigenvalue weighted by Gasteiger charge is -2.14. The van der Waals surface area contributed by atoms with Crippen LogP contribution in [0.1, 0.15) is 18.5 Å². The van der Waals surface area contributed by atoms with Gasteiger partial charge in [-0.1, -0.05) is 0 Å². The van der Waals surface area contributed by atoms with Crippen molar-refractivity contribution in [3.63, 3.8) is 0 Å². The first-order valence-corrected chi connectivity index (χ1v) is 5.98. The second-order valence-electron chi connectivity index (χ2n) is 4.23. The molecule has 2 atom stereocenters. The minimum absolute atomic E-state index is 0.149. The van der Waals surface area contributed by atoms with E-state index in [0.29, 0.717) is 12.4 Å². The van der Waals surface area contributed by atoms with E-state index in [-0.39, 0.29) is 11.9 Å². The van der Waals surface area contributed by atoms with Crippen LogP contribution in [0.3, 0.4) is 0 Å². The highest BCUT2D eigenvalue weighted by Gasteiger charge is 2.23. The van der Waals surface area contributed by atoms with Gasteiger partial charge in [-0.3, -0.25) is 4.79 Å². The van der Waals surface area contributed by atoms with Crippen LogP contribution in [-0.2, 0) is 4.79 Å². The summed E-state index contributed by atoms with van der Waals surface area (Å²) in [6.07, 6.45) is -0.519. The molecule has 1 amide bonds. The SMILES string of the molecule is CNC(=O)C(C)Oc1ccc2c(c1)OCC2NC. The number of nitrogens with one attached hydrogen (secondary N) is 2. The molecule has 1 aliphatic heterocycles. The summed E-state index contributed by atoms with van der Waals surface area (Å²) in [6, 6.07) is 5.88. The van der Waals surface area contributed by atoms with E-state index in [1.807, 2.05) is 25.2 Å². The fraction of sp³-hybridized carbons (Fsp3) is 0.462. The second-order valence-corrected chi connectivity index (χ2v) is 4.23. The lowest BCUT2D eigenvalue weighted by Crippen LogP contribution is -2.33. The Hall–Kier alpha value is -1.75. The third-order valence-corrected chi connectivity index (χ3v) is 3.04. The van der Waals surface area contributed by atoms with Crippen LogP contribution >= 0.6 is 0 Å². The van der Waals surface area contributed by atoms with E-state index in [1.165, 1.54) is 0 Å². The van der Waals surface area contributed by atoms with E-state index in [9.17, 15) is 4.79 Å². The zero-order valence-electron chi connectivity index (χ0n) is 10.8. The van der Waals surface area contributed by atoms with E-state index in [2.05, 4.69) is 10.6 Å². The third kappa shape index (κ3) is 2.41. The number of fused-ring (bicyclic) bond motifs is 1. The van der Waals surface area contributed by atoms with E-state index >= 15 is 0 Å². The predicted octanol–water partition coefficient (Wildman–Crippen LogP) is 0.853. The van der Waals surface area contributed by atoms with Gasteiger partial charge in [0, 0.05) is 18.7 Å². The smallest absolute Gasteiger partial charge is 0.260 e. The Labute approximate surface area is 106 Å². The maximum absolute atomic E-state index is 11.4. The molecule has 0 saturated heterocycles. The first-order chi connectivity index (χ1) is 8.65. The van der Waals surface area contributed by atoms with Gasteiger partial charge in [0.25, 0.3) is 5.91 Å². The molecule has 0 aliphatic carbocycles. The van der Waals surface area contributed by atoms with Crippen LogP contribution in [0.2, 0.25) is 0 Å². The van der Waals surface area contributed by atoms with Gasteiger partial charge in [0.1, 0.15) is 18.1 Å². The molecule has 1 aromatic carbocycles. The average molecular weight is 250 g/mol. The molecule has 2 rings (SSSR count). The van der Waals surface area contributed by atoms with Crippen molar-refractivity contribution in [3.8, 4) is 11.5 Å². The van der Waals surface area contributed by atoms with Gasteiger partial charge in [-0.05, 0) is 26.1 Å². The maximum Gasteiger partial charge on any atom is 0.260 e. The standard InChI is InChI=1S/C13H18N2O3/c1-8(13(16)15-3)18-9-4-5-10-11(14-2)7-17-12(10)6-9/h4-6,8,11,14H,7H2,1-3H3,(H,15,16). The topological polar surface area (TPSA) is 59.6 Å². The Balaban J connectivity index is 2.11. The van der Waals surface area contributed by atoms with Crippen LogP contribution in [0.25, 0.3) is 0 Å². The molecule has 0 saturated carbocycles. The van der Waals surface area contributed by atoms with E-state index in [4.69, 9.17) is 9.47 Å². The first-order valence-electron chi connectivity index (χ1n) is 5.98. The summed E-state index contributed by atoms with van der Waals surface area (Å²) < 4.78 is 11.1. The summed E-state index contributed by atoms with van der Waals surface area (Å²) in [5.41, 5.74) is 1.12. The minimum atomic E-state index is -0.519. The van der Waals surface area contributed by atoms with Crippen LogP contribution < -0.4 is 20.1 Å². The van der Waals surface area contributed by atoms with Gasteiger partial charge < -0.3 is 20.1 Å². The molecule has 1 aromatic rings. The van der Waals surface area contributed by atoms with Crippen molar-refractivity contribution in [1.82, 2.24) is 10.6 Å². The number of carbonyl (C=O) groups is 1. The fourth-order valence-electron chi connectivity index (χ4n) is 1.96. The summed E-state index contributed by atoms with van der Waals surface area (Å²) in [5.74, 6) is 1.31. The van der Waals surface area contributed by atoms with Crippen molar-refractivity contribution in [1.29, 1.82) is 0 Å². The predicted molar refractivity (Wildman–Crippen MR) is 67.9 cm³/mol. The number of amides is 1. The van der Waals surface area contributed by atoms with Crippen LogP contribution in [0.5, 0.6) is 11.5 Å². The lowest BCUT2D eigenvalue weighted by molar-refractivity contribution is -0.126. The number of likely N-dealkylation sites (N-methyl/N-ethyl adjacent to an activating group) is 2. The van der Waals surface area contributed by atoms with Gasteiger partial charge in [-0.15, -0.1) is 0 Å². The highest BCUT2D eigenvalue weighted by molar-refractivity contribution is 5.80. The Morgan fingerprint density at radius 1 is 1.50 bits per heavy atom. The summed E-state index contributed by atoms with van der Waals surface area (Å²) in [4.78, 5) is 11.4. The molecule has 0 aromatic heterocycles. The van der Waals surface area contributed by atoms with Crippen LogP contribution in [0, 0.1) is 0 Å². The summed E-state index contributed by atoms with van der Waals surface area (Å²) >= 11 is 0. The molecule has 0 spiro atoms. The van der Waals surface area contributed by atoms with Crippen molar-refractivity contribution in [2.75, 3.05) is 20.7 Å². The quantitative estimate of drug-likeness (QED) is 0.832. The van der Waals surface area contributed by atoms with Crippen molar-refractivity contribution in [2.24, 2.45) is 0 Å². The van der Waals surface area contributed by atoms with Gasteiger partial charge in [0.15, 0.2) is 6.10 Å². The highest BCUT2D eigenvalue weighted by Crippen LogP contribution is 2.35. The van der Waals surface area contributed by atoms with E-state index in [1.54, 1.807) is 14.0 Å². The molecule has 1 heterocycles. The van der Waals surface area contributed by atoms with Gasteiger partial charge in [0.2, 0.25) is 0 Å². The minimum Gasteiger partial charge on any atom is -0.491 e. The fourth-order valence-corrected chi connectivity index (χ4v) is 1.96. The number of benzene rings is 1. The molecule has 0 bridgehead atoms. The number of hydrogen-bond donors (Lipinski definition) is 2. The van der Waals surface area contributed by atoms with Crippen molar-refractivity contribution in [3.05, 3.63) is 23.8 Å². The number of carbonyl (C=O) groups excluding carboxylic acids is 1. The van der Waals surface area contributed by atoms with Crippen molar-refractivity contribution in [2.45, 2.75) is 19.1 Å². The Morgan fingerprint density at radius 3 is 2.94 bits per heavy atom. The zero-order valence-corrected chi connectivity index (χ0v) is 10.8. The van der Waals surface area contributed by atoms with Crippen molar-refractivity contribution < 1.29 is 14.3 Å². The van der Waals surface area contributed by atoms with Crippen LogP contribution in [0.15, 0.2) is 18.2 Å². The largest absolute Gasteiger partial charge is 0.491 e. The molecule has 0 fully saturated rings. The van der Waals surface area contributed by atoms with Gasteiger partial charge in [0.05, 0.1) is 6.04 Å². The molecule has 5 nitrogen and oxygen atoms in total. The molecule has 2 N–H and O–H groups in total. The molecule has 98 valence electrons. The third-order valence-electron chi connectivity index (χ3n) is 3.04. The van der Waals surface area contributed by atoms with E-state index < -0.39 is 6.10 Å². The summed E-state index contributed by atoms with van der Waals surface area (Å²) in [7, 11) is 3.49. The summed E-state index contributed by atoms with van der Waals surface area (Å²) in [5, 5.41) is 5.73. The molecule has 5 heteroatoms.